The van der Waals surface area contributed by atoms with E-state index in [9.17, 15) is 14.4 Å². The van der Waals surface area contributed by atoms with Crippen LogP contribution in [0, 0.1) is 0 Å². The second-order valence-electron chi connectivity index (χ2n) is 5.54. The zero-order valence-corrected chi connectivity index (χ0v) is 13.0. The average molecular weight is 287 g/mol. The Kier molecular flexibility index (Phi) is 6.64. The van der Waals surface area contributed by atoms with E-state index in [1.54, 1.807) is 34.6 Å². The number of carbonyl (C=O) groups is 3. The molecule has 3 amide bonds. The van der Waals surface area contributed by atoms with Crippen molar-refractivity contribution in [2.45, 2.75) is 45.7 Å². The molecule has 0 rings (SSSR count). The van der Waals surface area contributed by atoms with Crippen LogP contribution in [0.25, 0.3) is 0 Å². The normalized spacial score (nSPS) is 11.7. The molecule has 7 heteroatoms. The van der Waals surface area contributed by atoms with E-state index < -0.39 is 22.9 Å². The SMILES string of the molecule is CCNC(=O)C(C)(C)NC(=O)C(C)(C)NC(=O)COC. The highest BCUT2D eigenvalue weighted by molar-refractivity contribution is 5.96. The number of hydrogen-bond donors (Lipinski definition) is 3. The number of ether oxygens (including phenoxy) is 1. The molecule has 0 unspecified atom stereocenters. The molecular weight excluding hydrogens is 262 g/mol. The van der Waals surface area contributed by atoms with Gasteiger partial charge in [-0.05, 0) is 34.6 Å². The van der Waals surface area contributed by atoms with E-state index in [1.165, 1.54) is 7.11 Å². The lowest BCUT2D eigenvalue weighted by Crippen LogP contribution is -2.63. The number of carbonyl (C=O) groups excluding carboxylic acids is 3. The van der Waals surface area contributed by atoms with Crippen LogP contribution in [0.5, 0.6) is 0 Å². The number of rotatable bonds is 7. The van der Waals surface area contributed by atoms with Crippen molar-refractivity contribution in [1.29, 1.82) is 0 Å². The summed E-state index contributed by atoms with van der Waals surface area (Å²) in [4.78, 5) is 35.5. The van der Waals surface area contributed by atoms with E-state index >= 15 is 0 Å². The molecule has 20 heavy (non-hydrogen) atoms. The van der Waals surface area contributed by atoms with Crippen LogP contribution in [0.3, 0.4) is 0 Å². The zero-order chi connectivity index (χ0) is 16.0. The number of amides is 3. The molecule has 0 aliphatic rings. The molecule has 0 aromatic heterocycles. The maximum Gasteiger partial charge on any atom is 0.246 e. The van der Waals surface area contributed by atoms with Crippen LogP contribution < -0.4 is 16.0 Å². The molecule has 0 bridgehead atoms. The van der Waals surface area contributed by atoms with Crippen LogP contribution in [0.2, 0.25) is 0 Å². The molecule has 0 radical (unpaired) electrons. The summed E-state index contributed by atoms with van der Waals surface area (Å²) in [6.45, 7) is 8.46. The second kappa shape index (κ2) is 7.23. The maximum atomic E-state index is 12.2. The first-order chi connectivity index (χ1) is 9.06. The molecular formula is C13H25N3O4. The molecule has 0 aliphatic carbocycles. The third-order valence-electron chi connectivity index (χ3n) is 2.63. The molecule has 0 fully saturated rings. The van der Waals surface area contributed by atoms with Crippen molar-refractivity contribution in [2.75, 3.05) is 20.3 Å². The third-order valence-corrected chi connectivity index (χ3v) is 2.63. The fourth-order valence-electron chi connectivity index (χ4n) is 1.45. The zero-order valence-electron chi connectivity index (χ0n) is 13.0. The molecule has 0 aromatic rings. The van der Waals surface area contributed by atoms with Crippen LogP contribution in [0.15, 0.2) is 0 Å². The first kappa shape index (κ1) is 18.4. The van der Waals surface area contributed by atoms with Crippen LogP contribution in [0.4, 0.5) is 0 Å². The van der Waals surface area contributed by atoms with Crippen molar-refractivity contribution >= 4 is 17.7 Å². The van der Waals surface area contributed by atoms with Gasteiger partial charge in [-0.1, -0.05) is 0 Å². The molecule has 0 saturated heterocycles. The van der Waals surface area contributed by atoms with Gasteiger partial charge in [0.15, 0.2) is 0 Å². The summed E-state index contributed by atoms with van der Waals surface area (Å²) in [5.74, 6) is -1.13. The Bertz CT molecular complexity index is 378. The van der Waals surface area contributed by atoms with Gasteiger partial charge in [0.25, 0.3) is 0 Å². The standard InChI is InChI=1S/C13H25N3O4/c1-7-14-10(18)12(2,3)16-11(19)13(4,5)15-9(17)8-20-6/h7-8H2,1-6H3,(H,14,18)(H,15,17)(H,16,19). The summed E-state index contributed by atoms with van der Waals surface area (Å²) in [6, 6.07) is 0. The highest BCUT2D eigenvalue weighted by atomic mass is 16.5. The summed E-state index contributed by atoms with van der Waals surface area (Å²) < 4.78 is 4.69. The summed E-state index contributed by atoms with van der Waals surface area (Å²) in [5, 5.41) is 7.81. The predicted octanol–water partition coefficient (Wildman–Crippen LogP) is -0.441. The van der Waals surface area contributed by atoms with E-state index in [-0.39, 0.29) is 12.5 Å². The van der Waals surface area contributed by atoms with Gasteiger partial charge in [-0.3, -0.25) is 14.4 Å². The first-order valence-electron chi connectivity index (χ1n) is 6.47. The second-order valence-corrected chi connectivity index (χ2v) is 5.54. The van der Waals surface area contributed by atoms with Gasteiger partial charge in [0.1, 0.15) is 17.7 Å². The molecule has 0 aromatic carbocycles. The van der Waals surface area contributed by atoms with Crippen molar-refractivity contribution in [3.05, 3.63) is 0 Å². The van der Waals surface area contributed by atoms with Crippen LogP contribution in [-0.4, -0.2) is 49.1 Å². The number of hydrogen-bond acceptors (Lipinski definition) is 4. The number of methoxy groups -OCH3 is 1. The van der Waals surface area contributed by atoms with E-state index in [2.05, 4.69) is 16.0 Å². The largest absolute Gasteiger partial charge is 0.375 e. The molecule has 0 spiro atoms. The average Bonchev–Trinajstić information content (AvgIpc) is 2.28. The lowest BCUT2D eigenvalue weighted by atomic mass is 9.99. The maximum absolute atomic E-state index is 12.2. The lowest BCUT2D eigenvalue weighted by Gasteiger charge is -2.31. The van der Waals surface area contributed by atoms with Crippen molar-refractivity contribution in [1.82, 2.24) is 16.0 Å². The van der Waals surface area contributed by atoms with Crippen molar-refractivity contribution in [3.63, 3.8) is 0 Å². The Labute approximate surface area is 119 Å². The van der Waals surface area contributed by atoms with Gasteiger partial charge in [-0.15, -0.1) is 0 Å². The minimum Gasteiger partial charge on any atom is -0.375 e. The number of nitrogens with one attached hydrogen (secondary N) is 3. The third kappa shape index (κ3) is 5.56. The van der Waals surface area contributed by atoms with E-state index in [4.69, 9.17) is 4.74 Å². The Morgan fingerprint density at radius 3 is 1.90 bits per heavy atom. The first-order valence-corrected chi connectivity index (χ1v) is 6.47. The van der Waals surface area contributed by atoms with Gasteiger partial charge in [0.2, 0.25) is 17.7 Å². The van der Waals surface area contributed by atoms with Crippen molar-refractivity contribution in [3.8, 4) is 0 Å². The fraction of sp³-hybridized carbons (Fsp3) is 0.769. The van der Waals surface area contributed by atoms with Gasteiger partial charge in [0.05, 0.1) is 0 Å². The predicted molar refractivity (Wildman–Crippen MR) is 75.0 cm³/mol. The molecule has 0 atom stereocenters. The van der Waals surface area contributed by atoms with E-state index in [1.807, 2.05) is 0 Å². The van der Waals surface area contributed by atoms with E-state index in [0.717, 1.165) is 0 Å². The van der Waals surface area contributed by atoms with Gasteiger partial charge in [-0.2, -0.15) is 0 Å². The van der Waals surface area contributed by atoms with Gasteiger partial charge >= 0.3 is 0 Å². The fourth-order valence-corrected chi connectivity index (χ4v) is 1.45. The highest BCUT2D eigenvalue weighted by Gasteiger charge is 2.36. The topological polar surface area (TPSA) is 96.5 Å². The Morgan fingerprint density at radius 2 is 1.45 bits per heavy atom. The molecule has 0 aliphatic heterocycles. The quantitative estimate of drug-likeness (QED) is 0.591. The molecule has 7 nitrogen and oxygen atoms in total. The molecule has 116 valence electrons. The Balaban J connectivity index is 4.73. The minimum absolute atomic E-state index is 0.129. The Morgan fingerprint density at radius 1 is 0.950 bits per heavy atom. The van der Waals surface area contributed by atoms with E-state index in [0.29, 0.717) is 6.54 Å². The van der Waals surface area contributed by atoms with Gasteiger partial charge < -0.3 is 20.7 Å². The molecule has 3 N–H and O–H groups in total. The minimum atomic E-state index is -1.14. The van der Waals surface area contributed by atoms with Crippen LogP contribution in [0.1, 0.15) is 34.6 Å². The van der Waals surface area contributed by atoms with Gasteiger partial charge in [0, 0.05) is 13.7 Å². The highest BCUT2D eigenvalue weighted by Crippen LogP contribution is 2.08. The number of likely N-dealkylation sites (N-methyl/N-ethyl adjacent to an activating group) is 1. The Hall–Kier alpha value is -1.63. The monoisotopic (exact) mass is 287 g/mol. The summed E-state index contributed by atoms with van der Waals surface area (Å²) >= 11 is 0. The lowest BCUT2D eigenvalue weighted by molar-refractivity contribution is -0.137. The summed E-state index contributed by atoms with van der Waals surface area (Å²) in [5.41, 5.74) is -2.20. The summed E-state index contributed by atoms with van der Waals surface area (Å²) in [7, 11) is 1.39. The molecule has 0 heterocycles. The summed E-state index contributed by atoms with van der Waals surface area (Å²) in [6.07, 6.45) is 0. The van der Waals surface area contributed by atoms with Crippen molar-refractivity contribution in [2.24, 2.45) is 0 Å². The smallest absolute Gasteiger partial charge is 0.246 e. The van der Waals surface area contributed by atoms with Crippen LogP contribution >= 0.6 is 0 Å². The molecule has 0 saturated carbocycles. The van der Waals surface area contributed by atoms with Crippen LogP contribution in [-0.2, 0) is 19.1 Å². The van der Waals surface area contributed by atoms with Gasteiger partial charge in [-0.25, -0.2) is 0 Å². The van der Waals surface area contributed by atoms with Crippen molar-refractivity contribution < 1.29 is 19.1 Å².